The van der Waals surface area contributed by atoms with E-state index in [2.05, 4.69) is 42.1 Å². The van der Waals surface area contributed by atoms with Crippen molar-refractivity contribution in [1.82, 2.24) is 29.8 Å². The van der Waals surface area contributed by atoms with Crippen LogP contribution in [0.2, 0.25) is 0 Å². The average molecular weight is 354 g/mol. The average Bonchev–Trinajstić information content (AvgIpc) is 3.16. The third-order valence-electron chi connectivity index (χ3n) is 4.77. The number of fused-ring (bicyclic) bond motifs is 1. The van der Waals surface area contributed by atoms with Crippen LogP contribution in [0.15, 0.2) is 30.7 Å². The van der Waals surface area contributed by atoms with Crippen molar-refractivity contribution in [2.45, 2.75) is 25.5 Å². The van der Waals surface area contributed by atoms with Crippen LogP contribution in [0.5, 0.6) is 0 Å². The van der Waals surface area contributed by atoms with Crippen molar-refractivity contribution < 1.29 is 4.74 Å². The van der Waals surface area contributed by atoms with E-state index in [1.807, 2.05) is 18.2 Å². The smallest absolute Gasteiger partial charge is 0.254 e. The highest BCUT2D eigenvalue weighted by Crippen LogP contribution is 2.24. The molecule has 0 radical (unpaired) electrons. The molecule has 136 valence electrons. The van der Waals surface area contributed by atoms with Crippen LogP contribution in [0.3, 0.4) is 0 Å². The molecule has 1 aliphatic heterocycles. The van der Waals surface area contributed by atoms with Crippen molar-refractivity contribution in [3.05, 3.63) is 36.4 Å². The standard InChI is InChI=1S/C17H22N8O/c1-23(14-5-4-8-24(10-14)15-6-3-7-19-22-15)16-9-13(11-26-2)21-17-18-12-20-25(16)17/h3,6-7,9,12,14H,4-5,8,10-11H2,1-2H3. The Labute approximate surface area is 151 Å². The van der Waals surface area contributed by atoms with Crippen molar-refractivity contribution in [1.29, 1.82) is 0 Å². The molecule has 0 aliphatic carbocycles. The van der Waals surface area contributed by atoms with Gasteiger partial charge in [0.15, 0.2) is 5.82 Å². The molecule has 0 N–H and O–H groups in total. The summed E-state index contributed by atoms with van der Waals surface area (Å²) in [6.07, 6.45) is 5.43. The van der Waals surface area contributed by atoms with Gasteiger partial charge < -0.3 is 14.5 Å². The number of hydrogen-bond donors (Lipinski definition) is 0. The summed E-state index contributed by atoms with van der Waals surface area (Å²) in [5.41, 5.74) is 0.844. The van der Waals surface area contributed by atoms with E-state index in [-0.39, 0.29) is 0 Å². The van der Waals surface area contributed by atoms with Gasteiger partial charge in [-0.2, -0.15) is 19.7 Å². The van der Waals surface area contributed by atoms with Crippen molar-refractivity contribution >= 4 is 17.4 Å². The first-order chi connectivity index (χ1) is 12.8. The summed E-state index contributed by atoms with van der Waals surface area (Å²) in [4.78, 5) is 13.3. The molecule has 0 saturated carbocycles. The fourth-order valence-corrected chi connectivity index (χ4v) is 3.45. The van der Waals surface area contributed by atoms with Gasteiger partial charge in [-0.05, 0) is 25.0 Å². The molecule has 1 atom stereocenters. The van der Waals surface area contributed by atoms with Gasteiger partial charge in [0.2, 0.25) is 0 Å². The molecule has 0 amide bonds. The number of likely N-dealkylation sites (N-methyl/N-ethyl adjacent to an activating group) is 1. The van der Waals surface area contributed by atoms with E-state index in [4.69, 9.17) is 4.74 Å². The van der Waals surface area contributed by atoms with Crippen LogP contribution in [0.25, 0.3) is 5.78 Å². The second-order valence-corrected chi connectivity index (χ2v) is 6.45. The first-order valence-corrected chi connectivity index (χ1v) is 8.70. The first-order valence-electron chi connectivity index (χ1n) is 8.70. The topological polar surface area (TPSA) is 84.6 Å². The van der Waals surface area contributed by atoms with E-state index in [0.717, 1.165) is 43.3 Å². The number of hydrogen-bond acceptors (Lipinski definition) is 8. The molecule has 1 unspecified atom stereocenters. The van der Waals surface area contributed by atoms with Crippen LogP contribution >= 0.6 is 0 Å². The van der Waals surface area contributed by atoms with Crippen molar-refractivity contribution in [3.8, 4) is 0 Å². The number of methoxy groups -OCH3 is 1. The number of anilines is 2. The predicted molar refractivity (Wildman–Crippen MR) is 97.2 cm³/mol. The third-order valence-corrected chi connectivity index (χ3v) is 4.77. The fourth-order valence-electron chi connectivity index (χ4n) is 3.45. The lowest BCUT2D eigenvalue weighted by molar-refractivity contribution is 0.181. The highest BCUT2D eigenvalue weighted by atomic mass is 16.5. The summed E-state index contributed by atoms with van der Waals surface area (Å²) >= 11 is 0. The van der Waals surface area contributed by atoms with Gasteiger partial charge in [0, 0.05) is 45.6 Å². The number of nitrogens with zero attached hydrogens (tertiary/aromatic N) is 8. The quantitative estimate of drug-likeness (QED) is 0.675. The molecule has 4 heterocycles. The van der Waals surface area contributed by atoms with Crippen molar-refractivity contribution in [2.24, 2.45) is 0 Å². The van der Waals surface area contributed by atoms with E-state index in [9.17, 15) is 0 Å². The van der Waals surface area contributed by atoms with E-state index in [0.29, 0.717) is 18.4 Å². The molecule has 1 fully saturated rings. The molecule has 0 bridgehead atoms. The maximum absolute atomic E-state index is 5.25. The van der Waals surface area contributed by atoms with Gasteiger partial charge in [-0.15, -0.1) is 5.10 Å². The summed E-state index contributed by atoms with van der Waals surface area (Å²) in [5.74, 6) is 2.47. The summed E-state index contributed by atoms with van der Waals surface area (Å²) in [6, 6.07) is 6.28. The van der Waals surface area contributed by atoms with E-state index >= 15 is 0 Å². The Bertz CT molecular complexity index is 868. The molecule has 0 spiro atoms. The molecule has 1 aliphatic rings. The largest absolute Gasteiger partial charge is 0.378 e. The highest BCUT2D eigenvalue weighted by molar-refractivity contribution is 5.48. The maximum Gasteiger partial charge on any atom is 0.254 e. The Morgan fingerprint density at radius 2 is 2.31 bits per heavy atom. The first kappa shape index (κ1) is 16.6. The lowest BCUT2D eigenvalue weighted by Gasteiger charge is -2.38. The molecule has 4 rings (SSSR count). The fraction of sp³-hybridized carbons (Fsp3) is 0.471. The molecule has 9 nitrogen and oxygen atoms in total. The third kappa shape index (κ3) is 3.17. The highest BCUT2D eigenvalue weighted by Gasteiger charge is 2.26. The molecule has 26 heavy (non-hydrogen) atoms. The molecule has 3 aromatic rings. The van der Waals surface area contributed by atoms with Gasteiger partial charge in [0.25, 0.3) is 5.78 Å². The van der Waals surface area contributed by atoms with Gasteiger partial charge in [-0.3, -0.25) is 0 Å². The zero-order valence-corrected chi connectivity index (χ0v) is 15.0. The van der Waals surface area contributed by atoms with E-state index in [1.165, 1.54) is 6.33 Å². The van der Waals surface area contributed by atoms with Crippen LogP contribution in [0.1, 0.15) is 18.5 Å². The van der Waals surface area contributed by atoms with Gasteiger partial charge in [-0.25, -0.2) is 4.98 Å². The van der Waals surface area contributed by atoms with Gasteiger partial charge in [0.05, 0.1) is 12.3 Å². The predicted octanol–water partition coefficient (Wildman–Crippen LogP) is 1.17. The van der Waals surface area contributed by atoms with Crippen molar-refractivity contribution in [2.75, 3.05) is 37.0 Å². The van der Waals surface area contributed by atoms with E-state index in [1.54, 1.807) is 17.8 Å². The Balaban J connectivity index is 1.61. The van der Waals surface area contributed by atoms with Crippen LogP contribution < -0.4 is 9.80 Å². The molecular weight excluding hydrogens is 332 g/mol. The zero-order valence-electron chi connectivity index (χ0n) is 15.0. The summed E-state index contributed by atoms with van der Waals surface area (Å²) in [6.45, 7) is 2.32. The number of aromatic nitrogens is 6. The van der Waals surface area contributed by atoms with Gasteiger partial charge in [-0.1, -0.05) is 0 Å². The number of ether oxygens (including phenoxy) is 1. The molecule has 1 saturated heterocycles. The molecule has 3 aromatic heterocycles. The summed E-state index contributed by atoms with van der Waals surface area (Å²) < 4.78 is 7.02. The molecular formula is C17H22N8O. The maximum atomic E-state index is 5.25. The second-order valence-electron chi connectivity index (χ2n) is 6.45. The summed E-state index contributed by atoms with van der Waals surface area (Å²) in [5, 5.41) is 12.6. The van der Waals surface area contributed by atoms with Crippen LogP contribution in [-0.2, 0) is 11.3 Å². The minimum absolute atomic E-state index is 0.330. The lowest BCUT2D eigenvalue weighted by Crippen LogP contribution is -2.47. The Hall–Kier alpha value is -2.81. The van der Waals surface area contributed by atoms with Crippen LogP contribution in [-0.4, -0.2) is 63.1 Å². The van der Waals surface area contributed by atoms with Gasteiger partial charge in [0.1, 0.15) is 12.1 Å². The molecule has 9 heteroatoms. The minimum Gasteiger partial charge on any atom is -0.378 e. The minimum atomic E-state index is 0.330. The lowest BCUT2D eigenvalue weighted by atomic mass is 10.0. The Kier molecular flexibility index (Phi) is 4.61. The van der Waals surface area contributed by atoms with Crippen molar-refractivity contribution in [3.63, 3.8) is 0 Å². The molecule has 0 aromatic carbocycles. The number of rotatable bonds is 5. The SMILES string of the molecule is COCc1cc(N(C)C2CCCN(c3cccnn3)C2)n2ncnc2n1. The normalized spacial score (nSPS) is 17.6. The monoisotopic (exact) mass is 354 g/mol. The Morgan fingerprint density at radius 3 is 3.12 bits per heavy atom. The zero-order chi connectivity index (χ0) is 17.9. The number of piperidine rings is 1. The second kappa shape index (κ2) is 7.20. The van der Waals surface area contributed by atoms with E-state index < -0.39 is 0 Å². The van der Waals surface area contributed by atoms with Crippen LogP contribution in [0.4, 0.5) is 11.6 Å². The Morgan fingerprint density at radius 1 is 1.38 bits per heavy atom. The summed E-state index contributed by atoms with van der Waals surface area (Å²) in [7, 11) is 3.76. The van der Waals surface area contributed by atoms with Crippen LogP contribution in [0, 0.1) is 0 Å². The van der Waals surface area contributed by atoms with Gasteiger partial charge >= 0.3 is 0 Å².